The summed E-state index contributed by atoms with van der Waals surface area (Å²) in [6.45, 7) is 5.45. The number of carbonyl (C=O) groups is 2. The summed E-state index contributed by atoms with van der Waals surface area (Å²) < 4.78 is 19.1. The van der Waals surface area contributed by atoms with E-state index in [2.05, 4.69) is 29.0 Å². The minimum Gasteiger partial charge on any atom is -0.454 e. The van der Waals surface area contributed by atoms with Crippen molar-refractivity contribution >= 4 is 35.4 Å². The number of carbonyl (C=O) groups excluding carboxylic acids is 2. The van der Waals surface area contributed by atoms with E-state index in [1.807, 2.05) is 12.1 Å². The second-order valence-corrected chi connectivity index (χ2v) is 16.4. The molecule has 7 bridgehead atoms. The number of nitrogens with zero attached hydrogens (tertiary/aromatic N) is 2. The van der Waals surface area contributed by atoms with E-state index in [4.69, 9.17) is 14.2 Å². The zero-order valence-electron chi connectivity index (χ0n) is 28.6. The van der Waals surface area contributed by atoms with Crippen molar-refractivity contribution in [3.8, 4) is 0 Å². The first-order valence-electron chi connectivity index (χ1n) is 17.8. The number of methoxy groups -OCH3 is 2. The molecule has 0 radical (unpaired) electrons. The summed E-state index contributed by atoms with van der Waals surface area (Å²) in [6.07, 6.45) is 8.41. The van der Waals surface area contributed by atoms with Gasteiger partial charge in [-0.2, -0.15) is 0 Å². The van der Waals surface area contributed by atoms with E-state index < -0.39 is 27.5 Å². The average Bonchev–Trinajstić information content (AvgIpc) is 3.58. The summed E-state index contributed by atoms with van der Waals surface area (Å²) in [7, 11) is 3.47. The zero-order chi connectivity index (χ0) is 34.3. The van der Waals surface area contributed by atoms with Crippen LogP contribution >= 0.6 is 11.8 Å². The highest BCUT2D eigenvalue weighted by Gasteiger charge is 2.87. The molecule has 2 unspecified atom stereocenters. The minimum absolute atomic E-state index is 0.0179. The third-order valence-electron chi connectivity index (χ3n) is 13.3. The molecule has 1 aromatic carbocycles. The molecule has 3 saturated heterocycles. The number of amides is 1. The number of hydrogen-bond donors (Lipinski definition) is 3. The molecule has 10 nitrogen and oxygen atoms in total. The average molecular weight is 690 g/mol. The Morgan fingerprint density at radius 1 is 1.12 bits per heavy atom. The highest BCUT2D eigenvalue weighted by molar-refractivity contribution is 8.01. The van der Waals surface area contributed by atoms with Gasteiger partial charge in [-0.25, -0.2) is 4.79 Å². The van der Waals surface area contributed by atoms with Crippen LogP contribution in [0.1, 0.15) is 67.6 Å². The van der Waals surface area contributed by atoms with Gasteiger partial charge in [0.05, 0.1) is 29.2 Å². The highest BCUT2D eigenvalue weighted by Crippen LogP contribution is 2.80. The maximum atomic E-state index is 14.4. The molecule has 3 saturated carbocycles. The summed E-state index contributed by atoms with van der Waals surface area (Å²) in [6, 6.07) is 10.8. The third-order valence-corrected chi connectivity index (χ3v) is 15.1. The maximum absolute atomic E-state index is 14.4. The molecule has 4 heterocycles. The lowest BCUT2D eigenvalue weighted by Crippen LogP contribution is -2.80. The topological polar surface area (TPSA) is 130 Å². The van der Waals surface area contributed by atoms with Crippen molar-refractivity contribution in [2.24, 2.45) is 23.2 Å². The first-order valence-corrected chi connectivity index (χ1v) is 18.6. The first-order chi connectivity index (χ1) is 23.6. The van der Waals surface area contributed by atoms with Crippen LogP contribution in [0.5, 0.6) is 0 Å². The van der Waals surface area contributed by atoms with E-state index >= 15 is 0 Å². The SMILES string of the molecule is CCc1ccnc(/C=C/C(=O)Nc2ccccc2C(=O)O[C@@]23CC[C@H](OC)[C@]45C([C@@H](CC24)[C@@]2(O)C[C@H](OC)[C@H]4C[C@@H]5[C@]2(O)S4)N(CC)C3)c1. The number of likely N-dealkylation sites (tertiary alicyclic amines) is 1. The van der Waals surface area contributed by atoms with Gasteiger partial charge in [0.15, 0.2) is 0 Å². The molecule has 6 aliphatic rings. The van der Waals surface area contributed by atoms with Crippen LogP contribution in [0.4, 0.5) is 5.69 Å². The van der Waals surface area contributed by atoms with E-state index in [1.54, 1.807) is 50.8 Å². The molecule has 1 aromatic heterocycles. The second-order valence-electron chi connectivity index (χ2n) is 15.0. The van der Waals surface area contributed by atoms with Crippen molar-refractivity contribution in [3.63, 3.8) is 0 Å². The van der Waals surface area contributed by atoms with E-state index in [0.717, 1.165) is 12.0 Å². The molecule has 11 heteroatoms. The number of hydrogen-bond acceptors (Lipinski definition) is 10. The Bertz CT molecular complexity index is 1690. The van der Waals surface area contributed by atoms with E-state index in [0.29, 0.717) is 56.6 Å². The van der Waals surface area contributed by atoms with Crippen LogP contribution in [0.15, 0.2) is 48.7 Å². The molecule has 11 atom stereocenters. The number of aromatic nitrogens is 1. The molecule has 3 N–H and O–H groups in total. The van der Waals surface area contributed by atoms with Gasteiger partial charge in [-0.3, -0.25) is 14.7 Å². The number of likely N-dealkylation sites (N-methyl/N-ethyl adjacent to an activating group) is 1. The van der Waals surface area contributed by atoms with Crippen LogP contribution in [0.2, 0.25) is 0 Å². The van der Waals surface area contributed by atoms with Gasteiger partial charge in [0.25, 0.3) is 0 Å². The van der Waals surface area contributed by atoms with Crippen LogP contribution in [0, 0.1) is 23.2 Å². The highest BCUT2D eigenvalue weighted by atomic mass is 32.2. The van der Waals surface area contributed by atoms with Gasteiger partial charge in [0.1, 0.15) is 16.1 Å². The molecule has 2 aromatic rings. The Hall–Kier alpha value is -2.80. The summed E-state index contributed by atoms with van der Waals surface area (Å²) in [5.41, 5.74) is -0.237. The quantitative estimate of drug-likeness (QED) is 0.259. The third kappa shape index (κ3) is 4.55. The molecule has 6 fully saturated rings. The van der Waals surface area contributed by atoms with Crippen LogP contribution < -0.4 is 5.32 Å². The largest absolute Gasteiger partial charge is 0.454 e. The monoisotopic (exact) mass is 689 g/mol. The van der Waals surface area contributed by atoms with Crippen LogP contribution in [-0.2, 0) is 25.4 Å². The lowest BCUT2D eigenvalue weighted by molar-refractivity contribution is -0.294. The summed E-state index contributed by atoms with van der Waals surface area (Å²) in [4.78, 5) is 32.8. The van der Waals surface area contributed by atoms with Gasteiger partial charge in [0, 0.05) is 73.9 Å². The van der Waals surface area contributed by atoms with Crippen molar-refractivity contribution in [1.29, 1.82) is 0 Å². The number of para-hydroxylation sites is 1. The van der Waals surface area contributed by atoms with Gasteiger partial charge in [0.2, 0.25) is 5.91 Å². The smallest absolute Gasteiger partial charge is 0.340 e. The number of ether oxygens (including phenoxy) is 3. The Morgan fingerprint density at radius 3 is 2.69 bits per heavy atom. The number of pyridine rings is 1. The fraction of sp³-hybridized carbons (Fsp3) is 0.605. The number of anilines is 1. The number of aryl methyl sites for hydroxylation is 1. The number of nitrogens with one attached hydrogen (secondary N) is 1. The number of piperidine rings is 1. The molecular formula is C38H47N3O7S. The molecule has 1 spiro atoms. The van der Waals surface area contributed by atoms with E-state index in [1.165, 1.54) is 17.8 Å². The number of benzene rings is 1. The lowest BCUT2D eigenvalue weighted by Gasteiger charge is -2.69. The molecule has 8 rings (SSSR count). The number of rotatable bonds is 9. The van der Waals surface area contributed by atoms with Crippen molar-refractivity contribution in [2.75, 3.05) is 32.6 Å². The van der Waals surface area contributed by atoms with Crippen molar-refractivity contribution in [2.45, 2.75) is 92.0 Å². The Morgan fingerprint density at radius 2 is 1.94 bits per heavy atom. The summed E-state index contributed by atoms with van der Waals surface area (Å²) in [5.74, 6) is -1.46. The van der Waals surface area contributed by atoms with Crippen LogP contribution in [0.3, 0.4) is 0 Å². The van der Waals surface area contributed by atoms with Gasteiger partial charge in [-0.05, 0) is 74.6 Å². The first kappa shape index (κ1) is 33.3. The van der Waals surface area contributed by atoms with Crippen molar-refractivity contribution in [1.82, 2.24) is 9.88 Å². The van der Waals surface area contributed by atoms with Gasteiger partial charge in [-0.1, -0.05) is 26.0 Å². The minimum atomic E-state index is -1.34. The van der Waals surface area contributed by atoms with Gasteiger partial charge in [-0.15, -0.1) is 11.8 Å². The number of esters is 1. The standard InChI is InChI=1S/C38H47N3O7S/c1-5-22-14-16-39-23(17-22)11-12-32(42)40-26-10-8-7-9-24(26)34(43)48-35-15-13-31(47-4)37-29(35)18-25(33(37)41(6-2)21-35)36(44)20-27(46-3)28-19-30(37)38(36,45)49-28/h7-12,14,16-17,25,27-31,33,44-45H,5-6,13,15,18-21H2,1-4H3,(H,40,42)/b12-11+/t25-,27+,28-,29?,30+,31+,33?,35-,36+,37+,38+/m1/s1. The molecule has 3 aliphatic carbocycles. The zero-order valence-corrected chi connectivity index (χ0v) is 29.4. The van der Waals surface area contributed by atoms with E-state index in [-0.39, 0.29) is 52.7 Å². The number of fused-ring (bicyclic) bond motifs is 2. The van der Waals surface area contributed by atoms with Crippen LogP contribution in [-0.4, -0.2) is 98.9 Å². The maximum Gasteiger partial charge on any atom is 0.340 e. The van der Waals surface area contributed by atoms with Crippen molar-refractivity contribution < 1.29 is 34.0 Å². The number of aliphatic hydroxyl groups is 2. The number of thioether (sulfide) groups is 1. The molecule has 1 amide bonds. The lowest BCUT2D eigenvalue weighted by atomic mass is 9.46. The molecule has 49 heavy (non-hydrogen) atoms. The Kier molecular flexibility index (Phi) is 8.09. The Labute approximate surface area is 292 Å². The predicted molar refractivity (Wildman–Crippen MR) is 186 cm³/mol. The fourth-order valence-corrected chi connectivity index (χ4v) is 13.5. The fourth-order valence-electron chi connectivity index (χ4n) is 11.5. The van der Waals surface area contributed by atoms with E-state index in [9.17, 15) is 19.8 Å². The summed E-state index contributed by atoms with van der Waals surface area (Å²) in [5, 5.41) is 28.3. The van der Waals surface area contributed by atoms with Crippen LogP contribution in [0.25, 0.3) is 6.08 Å². The molecule has 262 valence electrons. The molecule has 3 aliphatic heterocycles. The normalized spacial score (nSPS) is 41.6. The second kappa shape index (κ2) is 11.9. The molecular weight excluding hydrogens is 642 g/mol. The van der Waals surface area contributed by atoms with Gasteiger partial charge >= 0.3 is 5.97 Å². The Balaban J connectivity index is 1.12. The van der Waals surface area contributed by atoms with Gasteiger partial charge < -0.3 is 29.7 Å². The predicted octanol–water partition coefficient (Wildman–Crippen LogP) is 4.30. The summed E-state index contributed by atoms with van der Waals surface area (Å²) >= 11 is 1.50. The van der Waals surface area contributed by atoms with Crippen molar-refractivity contribution in [3.05, 3.63) is 65.5 Å².